The van der Waals surface area contributed by atoms with Gasteiger partial charge in [0.25, 0.3) is 0 Å². The summed E-state index contributed by atoms with van der Waals surface area (Å²) in [7, 11) is 0. The Morgan fingerprint density at radius 3 is 2.80 bits per heavy atom. The van der Waals surface area contributed by atoms with Gasteiger partial charge < -0.3 is 9.84 Å². The molecule has 0 bridgehead atoms. The number of ether oxygens (including phenoxy) is 1. The van der Waals surface area contributed by atoms with E-state index in [1.807, 2.05) is 30.3 Å². The van der Waals surface area contributed by atoms with E-state index in [1.165, 1.54) is 4.68 Å². The Morgan fingerprint density at radius 2 is 2.10 bits per heavy atom. The summed E-state index contributed by atoms with van der Waals surface area (Å²) < 4.78 is 6.24. The second-order valence-corrected chi connectivity index (χ2v) is 4.31. The van der Waals surface area contributed by atoms with Crippen LogP contribution in [-0.4, -0.2) is 32.7 Å². The SMILES string of the molecule is CCOC(=O)CCc1nnn(Cc2ccccc2)c1O. The highest BCUT2D eigenvalue weighted by atomic mass is 16.5. The first-order valence-electron chi connectivity index (χ1n) is 6.51. The Balaban J connectivity index is 1.98. The van der Waals surface area contributed by atoms with Crippen molar-refractivity contribution in [3.8, 4) is 5.88 Å². The molecule has 20 heavy (non-hydrogen) atoms. The summed E-state index contributed by atoms with van der Waals surface area (Å²) in [5, 5.41) is 17.8. The molecule has 1 aromatic carbocycles. The molecule has 0 amide bonds. The highest BCUT2D eigenvalue weighted by Gasteiger charge is 2.13. The van der Waals surface area contributed by atoms with Gasteiger partial charge in [0.1, 0.15) is 5.69 Å². The molecule has 0 aliphatic rings. The van der Waals surface area contributed by atoms with E-state index in [0.29, 0.717) is 25.3 Å². The maximum absolute atomic E-state index is 11.3. The number of aromatic nitrogens is 3. The maximum Gasteiger partial charge on any atom is 0.306 e. The molecule has 1 heterocycles. The zero-order chi connectivity index (χ0) is 14.4. The molecule has 0 spiro atoms. The lowest BCUT2D eigenvalue weighted by molar-refractivity contribution is -0.143. The van der Waals surface area contributed by atoms with Crippen LogP contribution in [0, 0.1) is 0 Å². The van der Waals surface area contributed by atoms with Crippen molar-refractivity contribution >= 4 is 5.97 Å². The van der Waals surface area contributed by atoms with Crippen molar-refractivity contribution < 1.29 is 14.6 Å². The molecule has 1 N–H and O–H groups in total. The molecular formula is C14H17N3O3. The predicted molar refractivity (Wildman–Crippen MR) is 72.2 cm³/mol. The lowest BCUT2D eigenvalue weighted by Crippen LogP contribution is -2.05. The van der Waals surface area contributed by atoms with Crippen molar-refractivity contribution in [2.45, 2.75) is 26.3 Å². The van der Waals surface area contributed by atoms with Crippen LogP contribution in [0.2, 0.25) is 0 Å². The zero-order valence-electron chi connectivity index (χ0n) is 11.3. The van der Waals surface area contributed by atoms with Crippen LogP contribution in [-0.2, 0) is 22.5 Å². The van der Waals surface area contributed by atoms with Crippen molar-refractivity contribution in [2.24, 2.45) is 0 Å². The normalized spacial score (nSPS) is 10.4. The van der Waals surface area contributed by atoms with Crippen molar-refractivity contribution in [1.29, 1.82) is 0 Å². The molecule has 0 saturated heterocycles. The fourth-order valence-corrected chi connectivity index (χ4v) is 1.82. The number of benzene rings is 1. The van der Waals surface area contributed by atoms with Crippen LogP contribution in [0.15, 0.2) is 30.3 Å². The van der Waals surface area contributed by atoms with E-state index in [4.69, 9.17) is 4.74 Å². The third-order valence-electron chi connectivity index (χ3n) is 2.82. The fourth-order valence-electron chi connectivity index (χ4n) is 1.82. The van der Waals surface area contributed by atoms with Crippen molar-refractivity contribution in [3.05, 3.63) is 41.6 Å². The quantitative estimate of drug-likeness (QED) is 0.809. The topological polar surface area (TPSA) is 77.2 Å². The molecule has 106 valence electrons. The summed E-state index contributed by atoms with van der Waals surface area (Å²) in [6.07, 6.45) is 0.505. The summed E-state index contributed by atoms with van der Waals surface area (Å²) in [6.45, 7) is 2.55. The van der Waals surface area contributed by atoms with Crippen LogP contribution in [0.1, 0.15) is 24.6 Å². The van der Waals surface area contributed by atoms with Gasteiger partial charge in [-0.25, -0.2) is 4.68 Å². The molecule has 0 fully saturated rings. The molecule has 2 rings (SSSR count). The Hall–Kier alpha value is -2.37. The Morgan fingerprint density at radius 1 is 1.35 bits per heavy atom. The number of carbonyl (C=O) groups is 1. The Kier molecular flexibility index (Phi) is 4.70. The van der Waals surface area contributed by atoms with Gasteiger partial charge in [-0.3, -0.25) is 4.79 Å². The van der Waals surface area contributed by atoms with Crippen LogP contribution in [0.5, 0.6) is 5.88 Å². The summed E-state index contributed by atoms with van der Waals surface area (Å²) in [5.74, 6) is -0.303. The minimum Gasteiger partial charge on any atom is -0.492 e. The Labute approximate surface area is 117 Å². The minimum atomic E-state index is -0.301. The smallest absolute Gasteiger partial charge is 0.306 e. The highest BCUT2D eigenvalue weighted by molar-refractivity contribution is 5.69. The number of carbonyl (C=O) groups excluding carboxylic acids is 1. The largest absolute Gasteiger partial charge is 0.492 e. The fraction of sp³-hybridized carbons (Fsp3) is 0.357. The molecule has 0 aliphatic carbocycles. The van der Waals surface area contributed by atoms with E-state index < -0.39 is 0 Å². The molecule has 0 atom stereocenters. The monoisotopic (exact) mass is 275 g/mol. The van der Waals surface area contributed by atoms with E-state index in [9.17, 15) is 9.90 Å². The van der Waals surface area contributed by atoms with Crippen LogP contribution < -0.4 is 0 Å². The first kappa shape index (κ1) is 14.0. The first-order valence-corrected chi connectivity index (χ1v) is 6.51. The average molecular weight is 275 g/mol. The molecule has 0 radical (unpaired) electrons. The number of hydrogen-bond donors (Lipinski definition) is 1. The van der Waals surface area contributed by atoms with Crippen molar-refractivity contribution in [3.63, 3.8) is 0 Å². The van der Waals surface area contributed by atoms with Crippen molar-refractivity contribution in [1.82, 2.24) is 15.0 Å². The number of nitrogens with zero attached hydrogens (tertiary/aromatic N) is 3. The first-order chi connectivity index (χ1) is 9.70. The number of aryl methyl sites for hydroxylation is 1. The van der Waals surface area contributed by atoms with Gasteiger partial charge in [0.2, 0.25) is 5.88 Å². The van der Waals surface area contributed by atoms with E-state index >= 15 is 0 Å². The summed E-state index contributed by atoms with van der Waals surface area (Å²) in [4.78, 5) is 11.3. The molecule has 0 unspecified atom stereocenters. The molecule has 1 aromatic heterocycles. The van der Waals surface area contributed by atoms with Crippen LogP contribution in [0.4, 0.5) is 0 Å². The van der Waals surface area contributed by atoms with Gasteiger partial charge >= 0.3 is 5.97 Å². The second-order valence-electron chi connectivity index (χ2n) is 4.31. The van der Waals surface area contributed by atoms with E-state index in [1.54, 1.807) is 6.92 Å². The summed E-state index contributed by atoms with van der Waals surface area (Å²) in [5.41, 5.74) is 1.43. The van der Waals surface area contributed by atoms with Gasteiger partial charge in [-0.1, -0.05) is 35.5 Å². The van der Waals surface area contributed by atoms with E-state index in [0.717, 1.165) is 5.56 Å². The average Bonchev–Trinajstić information content (AvgIpc) is 2.79. The number of hydrogen-bond acceptors (Lipinski definition) is 5. The van der Waals surface area contributed by atoms with E-state index in [-0.39, 0.29) is 18.3 Å². The van der Waals surface area contributed by atoms with Gasteiger partial charge in [0.05, 0.1) is 19.6 Å². The van der Waals surface area contributed by atoms with Gasteiger partial charge in [-0.15, -0.1) is 5.10 Å². The molecule has 0 saturated carbocycles. The summed E-state index contributed by atoms with van der Waals surface area (Å²) in [6, 6.07) is 9.66. The lowest BCUT2D eigenvalue weighted by atomic mass is 10.2. The minimum absolute atomic E-state index is 0.00171. The number of aromatic hydroxyl groups is 1. The van der Waals surface area contributed by atoms with Crippen molar-refractivity contribution in [2.75, 3.05) is 6.61 Å². The molecule has 2 aromatic rings. The van der Waals surface area contributed by atoms with Crippen LogP contribution in [0.3, 0.4) is 0 Å². The third-order valence-corrected chi connectivity index (χ3v) is 2.82. The molecule has 6 heteroatoms. The standard InChI is InChI=1S/C14H17N3O3/c1-2-20-13(18)9-8-12-14(19)17(16-15-12)10-11-6-4-3-5-7-11/h3-7,19H,2,8-10H2,1H3. The molecule has 6 nitrogen and oxygen atoms in total. The van der Waals surface area contributed by atoms with Crippen LogP contribution >= 0.6 is 0 Å². The highest BCUT2D eigenvalue weighted by Crippen LogP contribution is 2.17. The lowest BCUT2D eigenvalue weighted by Gasteiger charge is -2.03. The molecular weight excluding hydrogens is 258 g/mol. The van der Waals surface area contributed by atoms with E-state index in [2.05, 4.69) is 10.3 Å². The predicted octanol–water partition coefficient (Wildman–Crippen LogP) is 1.53. The van der Waals surface area contributed by atoms with Gasteiger partial charge in [0, 0.05) is 6.42 Å². The summed E-state index contributed by atoms with van der Waals surface area (Å²) >= 11 is 0. The van der Waals surface area contributed by atoms with Crippen LogP contribution in [0.25, 0.3) is 0 Å². The number of rotatable bonds is 6. The third kappa shape index (κ3) is 3.57. The zero-order valence-corrected chi connectivity index (χ0v) is 11.3. The van der Waals surface area contributed by atoms with Gasteiger partial charge in [0.15, 0.2) is 0 Å². The second kappa shape index (κ2) is 6.70. The Bertz CT molecular complexity index is 566. The van der Waals surface area contributed by atoms with Gasteiger partial charge in [-0.2, -0.15) is 0 Å². The maximum atomic E-state index is 11.3. The number of esters is 1. The van der Waals surface area contributed by atoms with Gasteiger partial charge in [-0.05, 0) is 12.5 Å². The molecule has 0 aliphatic heterocycles.